The van der Waals surface area contributed by atoms with Crippen molar-refractivity contribution in [2.45, 2.75) is 57.5 Å². The van der Waals surface area contributed by atoms with Crippen LogP contribution in [-0.2, 0) is 4.79 Å². The number of para-hydroxylation sites is 1. The molecule has 1 unspecified atom stereocenters. The van der Waals surface area contributed by atoms with Crippen molar-refractivity contribution in [1.82, 2.24) is 19.7 Å². The van der Waals surface area contributed by atoms with E-state index in [0.717, 1.165) is 24.2 Å². The number of nitrogens with one attached hydrogen (secondary N) is 1. The summed E-state index contributed by atoms with van der Waals surface area (Å²) in [6, 6.07) is 6.58. The monoisotopic (exact) mass is 433 g/mol. The van der Waals surface area contributed by atoms with Crippen LogP contribution in [0.15, 0.2) is 30.6 Å². The molecule has 0 spiro atoms. The van der Waals surface area contributed by atoms with Crippen LogP contribution in [0.5, 0.6) is 5.75 Å². The molecule has 1 saturated heterocycles. The van der Waals surface area contributed by atoms with E-state index in [1.165, 1.54) is 11.0 Å². The standard InChI is InChI=1S/C22H29F2N5O2/c1-14(2)16-7-3-4-8-19(16)31-12-20(30)28-9-5-6-15(11-28)17-10-18(21(23)24)29-22(27-17)25-13-26-29/h3-4,7-8,13-15,17-18,21H,5-6,9-12H2,1-2H3,(H,25,26,27)/t15?,17-,18+/m0/s1. The van der Waals surface area contributed by atoms with Gasteiger partial charge in [-0.1, -0.05) is 32.0 Å². The van der Waals surface area contributed by atoms with E-state index in [2.05, 4.69) is 29.2 Å². The molecule has 2 aliphatic rings. The van der Waals surface area contributed by atoms with Gasteiger partial charge in [0.1, 0.15) is 18.1 Å². The van der Waals surface area contributed by atoms with Crippen molar-refractivity contribution in [3.05, 3.63) is 36.2 Å². The number of hydrogen-bond donors (Lipinski definition) is 1. The molecule has 4 rings (SSSR count). The average Bonchev–Trinajstić information content (AvgIpc) is 3.25. The number of fused-ring (bicyclic) bond motifs is 1. The van der Waals surface area contributed by atoms with Crippen molar-refractivity contribution in [2.75, 3.05) is 25.0 Å². The van der Waals surface area contributed by atoms with Crippen molar-refractivity contribution in [3.8, 4) is 5.75 Å². The third-order valence-corrected chi connectivity index (χ3v) is 6.26. The second-order valence-electron chi connectivity index (χ2n) is 8.64. The van der Waals surface area contributed by atoms with Crippen molar-refractivity contribution in [2.24, 2.45) is 5.92 Å². The highest BCUT2D eigenvalue weighted by atomic mass is 19.3. The molecular weight excluding hydrogens is 404 g/mol. The van der Waals surface area contributed by atoms with E-state index in [0.29, 0.717) is 25.0 Å². The second kappa shape index (κ2) is 9.20. The number of carbonyl (C=O) groups is 1. The molecular formula is C22H29F2N5O2. The van der Waals surface area contributed by atoms with Crippen LogP contribution in [-0.4, -0.2) is 57.7 Å². The SMILES string of the molecule is CC(C)c1ccccc1OCC(=O)N1CCCC([C@@H]2C[C@H](C(F)F)n3ncnc3N2)C1. The summed E-state index contributed by atoms with van der Waals surface area (Å²) in [7, 11) is 0. The second-order valence-corrected chi connectivity index (χ2v) is 8.64. The van der Waals surface area contributed by atoms with E-state index in [-0.39, 0.29) is 30.9 Å². The lowest BCUT2D eigenvalue weighted by molar-refractivity contribution is -0.135. The summed E-state index contributed by atoms with van der Waals surface area (Å²) in [6.45, 7) is 5.33. The number of piperidine rings is 1. The zero-order chi connectivity index (χ0) is 22.0. The molecule has 2 aromatic rings. The topological polar surface area (TPSA) is 72.3 Å². The number of amides is 1. The normalized spacial score (nSPS) is 23.5. The Kier molecular flexibility index (Phi) is 6.38. The number of ether oxygens (including phenoxy) is 1. The predicted molar refractivity (Wildman–Crippen MR) is 112 cm³/mol. The lowest BCUT2D eigenvalue weighted by Crippen LogP contribution is -2.49. The third-order valence-electron chi connectivity index (χ3n) is 6.26. The average molecular weight is 434 g/mol. The van der Waals surface area contributed by atoms with Gasteiger partial charge >= 0.3 is 0 Å². The molecule has 168 valence electrons. The summed E-state index contributed by atoms with van der Waals surface area (Å²) < 4.78 is 34.3. The van der Waals surface area contributed by atoms with Gasteiger partial charge in [0, 0.05) is 19.1 Å². The first kappa shape index (κ1) is 21.5. The van der Waals surface area contributed by atoms with Gasteiger partial charge in [0.25, 0.3) is 12.3 Å². The number of halogens is 2. The summed E-state index contributed by atoms with van der Waals surface area (Å²) in [4.78, 5) is 18.7. The smallest absolute Gasteiger partial charge is 0.260 e. The number of rotatable bonds is 6. The Labute approximate surface area is 180 Å². The first-order chi connectivity index (χ1) is 14.9. The largest absolute Gasteiger partial charge is 0.483 e. The number of carbonyl (C=O) groups excluding carboxylic acids is 1. The Balaban J connectivity index is 1.38. The summed E-state index contributed by atoms with van der Waals surface area (Å²) in [5, 5.41) is 7.19. The molecule has 3 heterocycles. The van der Waals surface area contributed by atoms with Crippen molar-refractivity contribution < 1.29 is 18.3 Å². The van der Waals surface area contributed by atoms with E-state index in [9.17, 15) is 13.6 Å². The lowest BCUT2D eigenvalue weighted by Gasteiger charge is -2.40. The fourth-order valence-electron chi connectivity index (χ4n) is 4.59. The number of anilines is 1. The zero-order valence-corrected chi connectivity index (χ0v) is 17.9. The van der Waals surface area contributed by atoms with Crippen LogP contribution in [0.25, 0.3) is 0 Å². The molecule has 1 aromatic carbocycles. The first-order valence-corrected chi connectivity index (χ1v) is 10.9. The van der Waals surface area contributed by atoms with Crippen molar-refractivity contribution in [1.29, 1.82) is 0 Å². The van der Waals surface area contributed by atoms with Gasteiger partial charge < -0.3 is 15.0 Å². The quantitative estimate of drug-likeness (QED) is 0.752. The molecule has 7 nitrogen and oxygen atoms in total. The Hall–Kier alpha value is -2.71. The molecule has 1 N–H and O–H groups in total. The van der Waals surface area contributed by atoms with Crippen LogP contribution >= 0.6 is 0 Å². The Bertz CT molecular complexity index is 904. The number of hydrogen-bond acceptors (Lipinski definition) is 5. The molecule has 0 radical (unpaired) electrons. The molecule has 0 bridgehead atoms. The van der Waals surface area contributed by atoms with Gasteiger partial charge in [-0.15, -0.1) is 0 Å². The molecule has 31 heavy (non-hydrogen) atoms. The molecule has 1 aromatic heterocycles. The molecule has 1 fully saturated rings. The maximum atomic E-state index is 13.6. The molecule has 9 heteroatoms. The molecule has 1 amide bonds. The molecule has 0 saturated carbocycles. The number of alkyl halides is 2. The van der Waals surface area contributed by atoms with Gasteiger partial charge in [-0.3, -0.25) is 4.79 Å². The third kappa shape index (κ3) is 4.65. The maximum Gasteiger partial charge on any atom is 0.260 e. The lowest BCUT2D eigenvalue weighted by atomic mass is 9.86. The van der Waals surface area contributed by atoms with Gasteiger partial charge in [-0.2, -0.15) is 10.1 Å². The number of likely N-dealkylation sites (tertiary alicyclic amines) is 1. The summed E-state index contributed by atoms with van der Waals surface area (Å²) in [5.74, 6) is 1.40. The van der Waals surface area contributed by atoms with E-state index in [1.807, 2.05) is 24.3 Å². The van der Waals surface area contributed by atoms with E-state index in [1.54, 1.807) is 4.90 Å². The highest BCUT2D eigenvalue weighted by Gasteiger charge is 2.39. The van der Waals surface area contributed by atoms with Crippen LogP contribution in [0.3, 0.4) is 0 Å². The number of benzene rings is 1. The number of aromatic nitrogens is 3. The zero-order valence-electron chi connectivity index (χ0n) is 17.9. The van der Waals surface area contributed by atoms with Gasteiger partial charge in [-0.25, -0.2) is 13.5 Å². The molecule has 2 aliphatic heterocycles. The highest BCUT2D eigenvalue weighted by molar-refractivity contribution is 5.78. The Morgan fingerprint density at radius 2 is 2.13 bits per heavy atom. The predicted octanol–water partition coefficient (Wildman–Crippen LogP) is 3.71. The number of nitrogens with zero attached hydrogens (tertiary/aromatic N) is 4. The van der Waals surface area contributed by atoms with Gasteiger partial charge in [-0.05, 0) is 42.7 Å². The van der Waals surface area contributed by atoms with Crippen molar-refractivity contribution >= 4 is 11.9 Å². The minimum Gasteiger partial charge on any atom is -0.483 e. The van der Waals surface area contributed by atoms with E-state index >= 15 is 0 Å². The van der Waals surface area contributed by atoms with E-state index in [4.69, 9.17) is 4.74 Å². The summed E-state index contributed by atoms with van der Waals surface area (Å²) in [5.41, 5.74) is 1.07. The summed E-state index contributed by atoms with van der Waals surface area (Å²) in [6.07, 6.45) is 0.759. The van der Waals surface area contributed by atoms with Crippen molar-refractivity contribution in [3.63, 3.8) is 0 Å². The first-order valence-electron chi connectivity index (χ1n) is 10.9. The van der Waals surface area contributed by atoms with Crippen LogP contribution in [0.4, 0.5) is 14.7 Å². The molecule has 0 aliphatic carbocycles. The fraction of sp³-hybridized carbons (Fsp3) is 0.591. The summed E-state index contributed by atoms with van der Waals surface area (Å²) >= 11 is 0. The molecule has 3 atom stereocenters. The minimum atomic E-state index is -2.51. The van der Waals surface area contributed by atoms with Crippen LogP contribution < -0.4 is 10.1 Å². The highest BCUT2D eigenvalue weighted by Crippen LogP contribution is 2.35. The Morgan fingerprint density at radius 1 is 1.32 bits per heavy atom. The fourth-order valence-corrected chi connectivity index (χ4v) is 4.59. The van der Waals surface area contributed by atoms with Crippen LogP contribution in [0.2, 0.25) is 0 Å². The van der Waals surface area contributed by atoms with Crippen LogP contribution in [0, 0.1) is 5.92 Å². The van der Waals surface area contributed by atoms with Gasteiger partial charge in [0.15, 0.2) is 6.61 Å². The van der Waals surface area contributed by atoms with Gasteiger partial charge in [0.05, 0.1) is 0 Å². The van der Waals surface area contributed by atoms with Crippen LogP contribution in [0.1, 0.15) is 50.6 Å². The Morgan fingerprint density at radius 3 is 2.90 bits per heavy atom. The van der Waals surface area contributed by atoms with Gasteiger partial charge in [0.2, 0.25) is 5.95 Å². The minimum absolute atomic E-state index is 0.0253. The van der Waals surface area contributed by atoms with E-state index < -0.39 is 12.5 Å². The maximum absolute atomic E-state index is 13.6.